The molecule has 3 rings (SSSR count). The second-order valence-corrected chi connectivity index (χ2v) is 5.25. The van der Waals surface area contributed by atoms with Gasteiger partial charge in [0.15, 0.2) is 0 Å². The number of fused-ring (bicyclic) bond motifs is 1. The van der Waals surface area contributed by atoms with Gasteiger partial charge >= 0.3 is 0 Å². The molecule has 0 unspecified atom stereocenters. The zero-order valence-corrected chi connectivity index (χ0v) is 12.7. The van der Waals surface area contributed by atoms with Gasteiger partial charge in [0, 0.05) is 5.02 Å². The van der Waals surface area contributed by atoms with Crippen LogP contribution in [0.5, 0.6) is 0 Å². The van der Waals surface area contributed by atoms with Crippen LogP contribution >= 0.6 is 11.6 Å². The predicted molar refractivity (Wildman–Crippen MR) is 90.0 cm³/mol. The minimum absolute atomic E-state index is 0.755. The number of hydrazone groups is 1. The fourth-order valence-electron chi connectivity index (χ4n) is 2.39. The smallest absolute Gasteiger partial charge is 0.0541 e. The van der Waals surface area contributed by atoms with Crippen molar-refractivity contribution in [1.29, 1.82) is 0 Å². The summed E-state index contributed by atoms with van der Waals surface area (Å²) in [6.45, 7) is 2.01. The van der Waals surface area contributed by atoms with E-state index in [2.05, 4.69) is 10.4 Å². The largest absolute Gasteiger partial charge is 0.323 e. The standard InChI is InChI=1S/C11H14ClN3.C6H6/c12-10-5-8-1-3-14-4-2-11(8)9(6-10)7-15-13;1-2-4-6-5-3-1/h5-7,14H,1-4,13H2;1-6H/b15-7-;. The van der Waals surface area contributed by atoms with Crippen molar-refractivity contribution in [2.45, 2.75) is 12.8 Å². The molecule has 0 atom stereocenters. The number of halogens is 1. The van der Waals surface area contributed by atoms with Gasteiger partial charge in [0.1, 0.15) is 0 Å². The fraction of sp³-hybridized carbons (Fsp3) is 0.235. The lowest BCUT2D eigenvalue weighted by Gasteiger charge is -2.09. The van der Waals surface area contributed by atoms with Crippen LogP contribution in [0.4, 0.5) is 0 Å². The van der Waals surface area contributed by atoms with Crippen molar-refractivity contribution in [2.75, 3.05) is 13.1 Å². The number of nitrogens with one attached hydrogen (secondary N) is 1. The van der Waals surface area contributed by atoms with Gasteiger partial charge in [-0.25, -0.2) is 0 Å². The van der Waals surface area contributed by atoms with Crippen molar-refractivity contribution in [3.05, 3.63) is 70.2 Å². The Morgan fingerprint density at radius 1 is 1.00 bits per heavy atom. The molecule has 1 aliphatic rings. The molecular formula is C17H20ClN3. The van der Waals surface area contributed by atoms with Crippen molar-refractivity contribution >= 4 is 17.8 Å². The molecule has 0 spiro atoms. The average Bonchev–Trinajstić information content (AvgIpc) is 2.75. The van der Waals surface area contributed by atoms with Gasteiger partial charge in [0.05, 0.1) is 6.21 Å². The van der Waals surface area contributed by atoms with E-state index in [1.165, 1.54) is 11.1 Å². The first-order valence-electron chi connectivity index (χ1n) is 7.06. The van der Waals surface area contributed by atoms with Crippen molar-refractivity contribution in [1.82, 2.24) is 5.32 Å². The van der Waals surface area contributed by atoms with Crippen molar-refractivity contribution in [3.8, 4) is 0 Å². The summed E-state index contributed by atoms with van der Waals surface area (Å²) >= 11 is 6.05. The zero-order chi connectivity index (χ0) is 14.9. The summed E-state index contributed by atoms with van der Waals surface area (Å²) < 4.78 is 0. The Balaban J connectivity index is 0.000000225. The Labute approximate surface area is 130 Å². The Bertz CT molecular complexity index is 555. The van der Waals surface area contributed by atoms with Crippen LogP contribution in [0.25, 0.3) is 0 Å². The molecule has 21 heavy (non-hydrogen) atoms. The third kappa shape index (κ3) is 4.88. The van der Waals surface area contributed by atoms with Crippen molar-refractivity contribution < 1.29 is 0 Å². The third-order valence-electron chi connectivity index (χ3n) is 3.34. The van der Waals surface area contributed by atoms with Gasteiger partial charge in [-0.2, -0.15) is 5.10 Å². The maximum atomic E-state index is 6.05. The quantitative estimate of drug-likeness (QED) is 0.483. The molecule has 0 saturated carbocycles. The van der Waals surface area contributed by atoms with Crippen LogP contribution < -0.4 is 11.2 Å². The summed E-state index contributed by atoms with van der Waals surface area (Å²) in [6.07, 6.45) is 3.70. The second kappa shape index (κ2) is 8.45. The van der Waals surface area contributed by atoms with E-state index >= 15 is 0 Å². The van der Waals surface area contributed by atoms with Gasteiger partial charge in [0.25, 0.3) is 0 Å². The molecular weight excluding hydrogens is 282 g/mol. The molecule has 2 aromatic carbocycles. The first-order valence-corrected chi connectivity index (χ1v) is 7.44. The lowest BCUT2D eigenvalue weighted by molar-refractivity contribution is 0.711. The Morgan fingerprint density at radius 3 is 2.24 bits per heavy atom. The molecule has 2 aromatic rings. The summed E-state index contributed by atoms with van der Waals surface area (Å²) in [5, 5.41) is 7.70. The Kier molecular flexibility index (Phi) is 6.25. The number of rotatable bonds is 1. The molecule has 0 saturated heterocycles. The van der Waals surface area contributed by atoms with Crippen LogP contribution in [0.2, 0.25) is 5.02 Å². The van der Waals surface area contributed by atoms with E-state index < -0.39 is 0 Å². The van der Waals surface area contributed by atoms with E-state index in [-0.39, 0.29) is 0 Å². The number of hydrogen-bond acceptors (Lipinski definition) is 3. The van der Waals surface area contributed by atoms with Gasteiger partial charge in [-0.15, -0.1) is 0 Å². The molecule has 1 aliphatic heterocycles. The molecule has 4 heteroatoms. The lowest BCUT2D eigenvalue weighted by atomic mass is 9.98. The van der Waals surface area contributed by atoms with Crippen LogP contribution in [0.15, 0.2) is 53.6 Å². The van der Waals surface area contributed by atoms with Crippen LogP contribution in [-0.2, 0) is 12.8 Å². The molecule has 0 bridgehead atoms. The van der Waals surface area contributed by atoms with Crippen LogP contribution in [0.1, 0.15) is 16.7 Å². The minimum atomic E-state index is 0.755. The maximum Gasteiger partial charge on any atom is 0.0541 e. The number of hydrogen-bond donors (Lipinski definition) is 2. The highest BCUT2D eigenvalue weighted by Crippen LogP contribution is 2.22. The van der Waals surface area contributed by atoms with E-state index in [0.29, 0.717) is 0 Å². The molecule has 1 heterocycles. The SMILES string of the molecule is N/N=C\c1cc(Cl)cc2c1CCNCC2.c1ccccc1. The zero-order valence-electron chi connectivity index (χ0n) is 11.9. The van der Waals surface area contributed by atoms with E-state index in [4.69, 9.17) is 17.4 Å². The number of nitrogens with two attached hydrogens (primary N) is 1. The predicted octanol–water partition coefficient (Wildman–Crippen LogP) is 3.01. The Hall–Kier alpha value is -1.84. The molecule has 0 fully saturated rings. The summed E-state index contributed by atoms with van der Waals surface area (Å²) in [5.74, 6) is 5.19. The molecule has 3 nitrogen and oxygen atoms in total. The van der Waals surface area contributed by atoms with Crippen LogP contribution in [0.3, 0.4) is 0 Å². The van der Waals surface area contributed by atoms with E-state index in [0.717, 1.165) is 36.5 Å². The van der Waals surface area contributed by atoms with Gasteiger partial charge in [-0.3, -0.25) is 0 Å². The number of nitrogens with zero attached hydrogens (tertiary/aromatic N) is 1. The monoisotopic (exact) mass is 301 g/mol. The van der Waals surface area contributed by atoms with E-state index in [1.807, 2.05) is 48.5 Å². The molecule has 3 N–H and O–H groups in total. The normalized spacial score (nSPS) is 14.0. The van der Waals surface area contributed by atoms with Crippen molar-refractivity contribution in [2.24, 2.45) is 10.9 Å². The highest BCUT2D eigenvalue weighted by atomic mass is 35.5. The van der Waals surface area contributed by atoms with Gasteiger partial charge in [0.2, 0.25) is 0 Å². The first kappa shape index (κ1) is 15.5. The van der Waals surface area contributed by atoms with Gasteiger partial charge in [-0.1, -0.05) is 48.0 Å². The van der Waals surface area contributed by atoms with E-state index in [9.17, 15) is 0 Å². The van der Waals surface area contributed by atoms with Gasteiger partial charge in [-0.05, 0) is 54.8 Å². The third-order valence-corrected chi connectivity index (χ3v) is 3.56. The van der Waals surface area contributed by atoms with Crippen LogP contribution in [0, 0.1) is 0 Å². The van der Waals surface area contributed by atoms with Gasteiger partial charge < -0.3 is 11.2 Å². The highest BCUT2D eigenvalue weighted by molar-refractivity contribution is 6.31. The molecule has 0 aromatic heterocycles. The minimum Gasteiger partial charge on any atom is -0.323 e. The molecule has 0 amide bonds. The molecule has 0 aliphatic carbocycles. The first-order chi connectivity index (χ1) is 10.3. The highest BCUT2D eigenvalue weighted by Gasteiger charge is 2.11. The summed E-state index contributed by atoms with van der Waals surface area (Å²) in [7, 11) is 0. The molecule has 0 radical (unpaired) electrons. The second-order valence-electron chi connectivity index (χ2n) is 4.82. The fourth-order valence-corrected chi connectivity index (χ4v) is 2.64. The van der Waals surface area contributed by atoms with E-state index in [1.54, 1.807) is 6.21 Å². The molecule has 110 valence electrons. The average molecular weight is 302 g/mol. The summed E-state index contributed by atoms with van der Waals surface area (Å²) in [4.78, 5) is 0. The van der Waals surface area contributed by atoms with Crippen LogP contribution in [-0.4, -0.2) is 19.3 Å². The Morgan fingerprint density at radius 2 is 1.62 bits per heavy atom. The van der Waals surface area contributed by atoms with Crippen molar-refractivity contribution in [3.63, 3.8) is 0 Å². The maximum absolute atomic E-state index is 6.05. The topological polar surface area (TPSA) is 50.4 Å². The number of benzene rings is 2. The summed E-state index contributed by atoms with van der Waals surface area (Å²) in [5.41, 5.74) is 3.67. The lowest BCUT2D eigenvalue weighted by Crippen LogP contribution is -2.16. The summed E-state index contributed by atoms with van der Waals surface area (Å²) in [6, 6.07) is 16.0.